The molecule has 0 bridgehead atoms. The second kappa shape index (κ2) is 12.6. The SMILES string of the molecule is CCCNc1cc(Oc2ccc(Cl)cc2Cl)ccc1[N+](=O)[O-].CO[PH](=O)OC. The minimum absolute atomic E-state index is 0.00278. The number of halogens is 2. The fraction of sp³-hybridized carbons (Fsp3) is 0.294. The summed E-state index contributed by atoms with van der Waals surface area (Å²) in [4.78, 5) is 10.6. The average Bonchev–Trinajstić information content (AvgIpc) is 2.68. The molecule has 2 aromatic rings. The van der Waals surface area contributed by atoms with Crippen molar-refractivity contribution in [3.05, 3.63) is 56.6 Å². The van der Waals surface area contributed by atoms with Crippen molar-refractivity contribution in [2.45, 2.75) is 13.3 Å². The molecule has 2 aromatic carbocycles. The zero-order valence-electron chi connectivity index (χ0n) is 15.5. The predicted molar refractivity (Wildman–Crippen MR) is 111 cm³/mol. The number of hydrogen-bond acceptors (Lipinski definition) is 7. The monoisotopic (exact) mass is 450 g/mol. The lowest BCUT2D eigenvalue weighted by atomic mass is 10.2. The lowest BCUT2D eigenvalue weighted by molar-refractivity contribution is -0.384. The van der Waals surface area contributed by atoms with Gasteiger partial charge in [-0.3, -0.25) is 14.7 Å². The van der Waals surface area contributed by atoms with E-state index in [1.54, 1.807) is 24.3 Å². The average molecular weight is 451 g/mol. The Bertz CT molecular complexity index is 816. The van der Waals surface area contributed by atoms with Crippen LogP contribution in [-0.4, -0.2) is 25.7 Å². The topological polar surface area (TPSA) is 99.9 Å². The van der Waals surface area contributed by atoms with Gasteiger partial charge in [0.25, 0.3) is 5.69 Å². The zero-order valence-corrected chi connectivity index (χ0v) is 18.0. The summed E-state index contributed by atoms with van der Waals surface area (Å²) in [5.41, 5.74) is 0.414. The maximum atomic E-state index is 11.0. The van der Waals surface area contributed by atoms with Crippen LogP contribution in [0.15, 0.2) is 36.4 Å². The smallest absolute Gasteiger partial charge is 0.318 e. The maximum Gasteiger partial charge on any atom is 0.318 e. The summed E-state index contributed by atoms with van der Waals surface area (Å²) < 4.78 is 24.0. The number of nitro benzene ring substituents is 1. The van der Waals surface area contributed by atoms with Gasteiger partial charge in [0.05, 0.1) is 9.95 Å². The number of benzene rings is 2. The van der Waals surface area contributed by atoms with E-state index in [4.69, 9.17) is 27.9 Å². The van der Waals surface area contributed by atoms with Crippen molar-refractivity contribution < 1.29 is 23.3 Å². The molecule has 154 valence electrons. The largest absolute Gasteiger partial charge is 0.456 e. The van der Waals surface area contributed by atoms with Crippen molar-refractivity contribution in [1.29, 1.82) is 0 Å². The van der Waals surface area contributed by atoms with Gasteiger partial charge in [-0.15, -0.1) is 0 Å². The molecule has 0 saturated carbocycles. The van der Waals surface area contributed by atoms with Gasteiger partial charge in [-0.25, -0.2) is 0 Å². The Balaban J connectivity index is 0.000000568. The van der Waals surface area contributed by atoms with Gasteiger partial charge in [0.15, 0.2) is 0 Å². The standard InChI is InChI=1S/C15H14Cl2N2O3.C2H7O3P/c1-2-7-18-13-9-11(4-5-14(13)19(20)21)22-15-6-3-10(16)8-12(15)17;1-4-6(3)5-2/h3-6,8-9,18H,2,7H2,1H3;6H,1-2H3. The Kier molecular flexibility index (Phi) is 10.9. The predicted octanol–water partition coefficient (Wildman–Crippen LogP) is 6.18. The first-order valence-corrected chi connectivity index (χ1v) is 10.1. The normalized spacial score (nSPS) is 10.2. The van der Waals surface area contributed by atoms with E-state index in [1.807, 2.05) is 6.92 Å². The van der Waals surface area contributed by atoms with Crippen molar-refractivity contribution >= 4 is 42.8 Å². The molecule has 0 aliphatic carbocycles. The summed E-state index contributed by atoms with van der Waals surface area (Å²) >= 11 is 11.9. The van der Waals surface area contributed by atoms with E-state index in [9.17, 15) is 14.7 Å². The van der Waals surface area contributed by atoms with E-state index in [-0.39, 0.29) is 5.69 Å². The maximum absolute atomic E-state index is 11.0. The molecule has 0 heterocycles. The number of nitrogens with zero attached hydrogens (tertiary/aromatic N) is 1. The third kappa shape index (κ3) is 8.04. The summed E-state index contributed by atoms with van der Waals surface area (Å²) in [6, 6.07) is 9.38. The van der Waals surface area contributed by atoms with Crippen LogP contribution in [0.25, 0.3) is 0 Å². The van der Waals surface area contributed by atoms with E-state index in [0.29, 0.717) is 33.8 Å². The Labute approximate surface area is 173 Å². The van der Waals surface area contributed by atoms with E-state index in [1.165, 1.54) is 26.4 Å². The number of nitro groups is 1. The zero-order chi connectivity index (χ0) is 21.1. The van der Waals surface area contributed by atoms with Crippen LogP contribution < -0.4 is 10.1 Å². The molecule has 2 rings (SSSR count). The molecule has 0 spiro atoms. The van der Waals surface area contributed by atoms with Crippen LogP contribution in [0, 0.1) is 10.1 Å². The van der Waals surface area contributed by atoms with Crippen LogP contribution in [0.1, 0.15) is 13.3 Å². The first-order valence-electron chi connectivity index (χ1n) is 8.09. The lowest BCUT2D eigenvalue weighted by Gasteiger charge is -2.11. The minimum atomic E-state index is -2.12. The van der Waals surface area contributed by atoms with Gasteiger partial charge >= 0.3 is 8.25 Å². The van der Waals surface area contributed by atoms with Gasteiger partial charge in [-0.05, 0) is 30.7 Å². The number of rotatable bonds is 8. The second-order valence-corrected chi connectivity index (χ2v) is 7.36. The highest BCUT2D eigenvalue weighted by Gasteiger charge is 2.15. The molecule has 28 heavy (non-hydrogen) atoms. The van der Waals surface area contributed by atoms with Crippen LogP contribution in [-0.2, 0) is 13.6 Å². The highest BCUT2D eigenvalue weighted by atomic mass is 35.5. The van der Waals surface area contributed by atoms with Crippen molar-refractivity contribution in [2.24, 2.45) is 0 Å². The third-order valence-corrected chi connectivity index (χ3v) is 4.38. The molecule has 0 amide bonds. The van der Waals surface area contributed by atoms with Crippen molar-refractivity contribution in [3.8, 4) is 11.5 Å². The van der Waals surface area contributed by atoms with Gasteiger partial charge in [0, 0.05) is 37.9 Å². The summed E-state index contributed by atoms with van der Waals surface area (Å²) in [5, 5.41) is 14.9. The molecule has 0 aliphatic heterocycles. The van der Waals surface area contributed by atoms with Gasteiger partial charge in [-0.2, -0.15) is 0 Å². The van der Waals surface area contributed by atoms with Crippen molar-refractivity contribution in [3.63, 3.8) is 0 Å². The molecule has 0 aromatic heterocycles. The first-order chi connectivity index (χ1) is 13.3. The van der Waals surface area contributed by atoms with E-state index in [0.717, 1.165) is 6.42 Å². The Morgan fingerprint density at radius 3 is 2.32 bits per heavy atom. The van der Waals surface area contributed by atoms with E-state index >= 15 is 0 Å². The quantitative estimate of drug-likeness (QED) is 0.290. The molecular formula is C17H21Cl2N2O6P. The molecular weight excluding hydrogens is 430 g/mol. The van der Waals surface area contributed by atoms with Gasteiger partial charge in [0.2, 0.25) is 0 Å². The number of hydrogen-bond donors (Lipinski definition) is 1. The molecule has 0 atom stereocenters. The second-order valence-electron chi connectivity index (χ2n) is 5.20. The number of ether oxygens (including phenoxy) is 1. The lowest BCUT2D eigenvalue weighted by Crippen LogP contribution is -2.03. The van der Waals surface area contributed by atoms with Gasteiger partial charge < -0.3 is 19.1 Å². The van der Waals surface area contributed by atoms with Crippen LogP contribution in [0.5, 0.6) is 11.5 Å². The molecule has 0 aliphatic rings. The number of anilines is 1. The highest BCUT2D eigenvalue weighted by Crippen LogP contribution is 2.35. The fourth-order valence-electron chi connectivity index (χ4n) is 1.91. The molecule has 0 unspecified atom stereocenters. The Morgan fingerprint density at radius 1 is 1.14 bits per heavy atom. The molecule has 0 saturated heterocycles. The van der Waals surface area contributed by atoms with Crippen molar-refractivity contribution in [2.75, 3.05) is 26.1 Å². The van der Waals surface area contributed by atoms with E-state index < -0.39 is 13.2 Å². The van der Waals surface area contributed by atoms with Gasteiger partial charge in [-0.1, -0.05) is 30.1 Å². The molecule has 0 fully saturated rings. The molecule has 0 radical (unpaired) electrons. The van der Waals surface area contributed by atoms with Crippen LogP contribution in [0.3, 0.4) is 0 Å². The van der Waals surface area contributed by atoms with Gasteiger partial charge in [0.1, 0.15) is 17.2 Å². The number of nitrogens with one attached hydrogen (secondary N) is 1. The molecule has 11 heteroatoms. The molecule has 1 N–H and O–H groups in total. The summed E-state index contributed by atoms with van der Waals surface area (Å²) in [5.74, 6) is 0.884. The summed E-state index contributed by atoms with van der Waals surface area (Å²) in [6.07, 6.45) is 0.852. The van der Waals surface area contributed by atoms with Crippen molar-refractivity contribution in [1.82, 2.24) is 0 Å². The Morgan fingerprint density at radius 2 is 1.82 bits per heavy atom. The fourth-order valence-corrected chi connectivity index (χ4v) is 2.52. The third-order valence-electron chi connectivity index (χ3n) is 3.19. The Hall–Kier alpha value is -1.83. The molecule has 8 nitrogen and oxygen atoms in total. The van der Waals surface area contributed by atoms with Crippen LogP contribution in [0.4, 0.5) is 11.4 Å². The van der Waals surface area contributed by atoms with Crippen LogP contribution >= 0.6 is 31.5 Å². The minimum Gasteiger partial charge on any atom is -0.456 e. The first kappa shape index (κ1) is 24.2. The van der Waals surface area contributed by atoms with Crippen LogP contribution in [0.2, 0.25) is 10.0 Å². The van der Waals surface area contributed by atoms with E-state index in [2.05, 4.69) is 14.4 Å². The summed E-state index contributed by atoms with van der Waals surface area (Å²) in [6.45, 7) is 2.61. The summed E-state index contributed by atoms with van der Waals surface area (Å²) in [7, 11) is 0.558. The highest BCUT2D eigenvalue weighted by molar-refractivity contribution is 7.33.